The molecule has 1 atom stereocenters. The van der Waals surface area contributed by atoms with Crippen molar-refractivity contribution in [3.8, 4) is 0 Å². The highest BCUT2D eigenvalue weighted by Gasteiger charge is 2.18. The molecule has 1 aromatic rings. The minimum Gasteiger partial charge on any atom is -0.479 e. The van der Waals surface area contributed by atoms with Crippen LogP contribution in [-0.2, 0) is 14.8 Å². The van der Waals surface area contributed by atoms with Crippen LogP contribution in [0.4, 0.5) is 5.69 Å². The Morgan fingerprint density at radius 1 is 1.41 bits per heavy atom. The van der Waals surface area contributed by atoms with Crippen LogP contribution in [0.15, 0.2) is 24.3 Å². The van der Waals surface area contributed by atoms with Crippen molar-refractivity contribution in [2.45, 2.75) is 6.10 Å². The molecular formula is C10H13NO5S. The van der Waals surface area contributed by atoms with Crippen molar-refractivity contribution in [2.75, 3.05) is 17.6 Å². The van der Waals surface area contributed by atoms with Crippen LogP contribution in [-0.4, -0.2) is 37.9 Å². The maximum atomic E-state index is 11.3. The van der Waals surface area contributed by atoms with Crippen molar-refractivity contribution < 1.29 is 23.4 Å². The van der Waals surface area contributed by atoms with E-state index in [1.807, 2.05) is 0 Å². The first-order valence-electron chi connectivity index (χ1n) is 4.68. The van der Waals surface area contributed by atoms with Crippen LogP contribution >= 0.6 is 0 Å². The van der Waals surface area contributed by atoms with Gasteiger partial charge in [0.15, 0.2) is 6.10 Å². The van der Waals surface area contributed by atoms with Gasteiger partial charge in [-0.25, -0.2) is 13.2 Å². The number of aliphatic hydroxyl groups excluding tert-OH is 1. The summed E-state index contributed by atoms with van der Waals surface area (Å²) in [7, 11) is -2.07. The number of rotatable bonds is 4. The normalized spacial score (nSPS) is 13.1. The Labute approximate surface area is 99.2 Å². The molecule has 0 fully saturated rings. The first kappa shape index (κ1) is 13.5. The van der Waals surface area contributed by atoms with Crippen LogP contribution < -0.4 is 4.31 Å². The molecule has 6 nitrogen and oxygen atoms in total. The lowest BCUT2D eigenvalue weighted by Crippen LogP contribution is -2.25. The Bertz CT molecular complexity index is 525. The van der Waals surface area contributed by atoms with Crippen LogP contribution in [0.2, 0.25) is 0 Å². The lowest BCUT2D eigenvalue weighted by molar-refractivity contribution is -0.146. The minimum atomic E-state index is -3.41. The number of aliphatic carboxylic acids is 1. The molecule has 17 heavy (non-hydrogen) atoms. The largest absolute Gasteiger partial charge is 0.479 e. The lowest BCUT2D eigenvalue weighted by Gasteiger charge is -2.17. The van der Waals surface area contributed by atoms with Crippen molar-refractivity contribution in [3.05, 3.63) is 29.8 Å². The average molecular weight is 259 g/mol. The third kappa shape index (κ3) is 3.18. The molecule has 0 aliphatic rings. The van der Waals surface area contributed by atoms with Gasteiger partial charge in [0.05, 0.1) is 11.9 Å². The van der Waals surface area contributed by atoms with E-state index in [2.05, 4.69) is 0 Å². The highest BCUT2D eigenvalue weighted by Crippen LogP contribution is 2.21. The van der Waals surface area contributed by atoms with Crippen LogP contribution in [0.25, 0.3) is 0 Å². The summed E-state index contributed by atoms with van der Waals surface area (Å²) >= 11 is 0. The van der Waals surface area contributed by atoms with Gasteiger partial charge in [-0.15, -0.1) is 0 Å². The molecule has 0 saturated heterocycles. The number of carboxylic acid groups (broad SMARTS) is 1. The molecule has 0 aromatic heterocycles. The van der Waals surface area contributed by atoms with Crippen molar-refractivity contribution in [1.29, 1.82) is 0 Å². The molecule has 7 heteroatoms. The molecule has 0 bridgehead atoms. The van der Waals surface area contributed by atoms with Crippen molar-refractivity contribution in [1.82, 2.24) is 0 Å². The van der Waals surface area contributed by atoms with Crippen LogP contribution in [0.1, 0.15) is 11.7 Å². The number of hydrogen-bond acceptors (Lipinski definition) is 4. The molecule has 1 unspecified atom stereocenters. The van der Waals surface area contributed by atoms with Gasteiger partial charge in [0, 0.05) is 7.05 Å². The lowest BCUT2D eigenvalue weighted by atomic mass is 10.1. The fraction of sp³-hybridized carbons (Fsp3) is 0.300. The number of carboxylic acids is 1. The van der Waals surface area contributed by atoms with E-state index < -0.39 is 22.1 Å². The summed E-state index contributed by atoms with van der Waals surface area (Å²) in [6.07, 6.45) is -0.629. The Morgan fingerprint density at radius 3 is 2.47 bits per heavy atom. The molecule has 2 N–H and O–H groups in total. The maximum Gasteiger partial charge on any atom is 0.337 e. The second kappa shape index (κ2) is 4.72. The van der Waals surface area contributed by atoms with Gasteiger partial charge >= 0.3 is 5.97 Å². The quantitative estimate of drug-likeness (QED) is 0.805. The fourth-order valence-corrected chi connectivity index (χ4v) is 1.72. The van der Waals surface area contributed by atoms with E-state index in [1.54, 1.807) is 0 Å². The predicted molar refractivity (Wildman–Crippen MR) is 62.3 cm³/mol. The second-order valence-electron chi connectivity index (χ2n) is 3.57. The van der Waals surface area contributed by atoms with Crippen molar-refractivity contribution in [2.24, 2.45) is 0 Å². The maximum absolute atomic E-state index is 11.3. The van der Waals surface area contributed by atoms with Crippen molar-refractivity contribution in [3.63, 3.8) is 0 Å². The number of nitrogens with zero attached hydrogens (tertiary/aromatic N) is 1. The standard InChI is InChI=1S/C10H13NO5S/c1-11(17(2,15)16)8-5-3-4-7(6-8)9(12)10(13)14/h3-6,9,12H,1-2H3,(H,13,14). The molecule has 0 heterocycles. The first-order valence-corrected chi connectivity index (χ1v) is 6.53. The van der Waals surface area contributed by atoms with Crippen LogP contribution in [0.5, 0.6) is 0 Å². The molecular weight excluding hydrogens is 246 g/mol. The molecule has 0 radical (unpaired) electrons. The molecule has 94 valence electrons. The third-order valence-electron chi connectivity index (χ3n) is 2.28. The summed E-state index contributed by atoms with van der Waals surface area (Å²) in [6, 6.07) is 5.73. The number of anilines is 1. The number of hydrogen-bond donors (Lipinski definition) is 2. The molecule has 0 amide bonds. The van der Waals surface area contributed by atoms with E-state index in [4.69, 9.17) is 5.11 Å². The zero-order valence-electron chi connectivity index (χ0n) is 9.36. The molecule has 0 aliphatic heterocycles. The van der Waals surface area contributed by atoms with Gasteiger partial charge in [0.2, 0.25) is 10.0 Å². The molecule has 0 spiro atoms. The van der Waals surface area contributed by atoms with E-state index in [0.717, 1.165) is 10.6 Å². The molecule has 1 aromatic carbocycles. The number of sulfonamides is 1. The van der Waals surface area contributed by atoms with Gasteiger partial charge in [-0.3, -0.25) is 4.31 Å². The number of aliphatic hydroxyl groups is 1. The SMILES string of the molecule is CN(c1cccc(C(O)C(=O)O)c1)S(C)(=O)=O. The van der Waals surface area contributed by atoms with Gasteiger partial charge < -0.3 is 10.2 Å². The topological polar surface area (TPSA) is 94.9 Å². The number of benzene rings is 1. The molecule has 1 rings (SSSR count). The van der Waals surface area contributed by atoms with Gasteiger partial charge in [0.25, 0.3) is 0 Å². The fourth-order valence-electron chi connectivity index (χ4n) is 1.22. The summed E-state index contributed by atoms with van der Waals surface area (Å²) in [6.45, 7) is 0. The van der Waals surface area contributed by atoms with E-state index in [9.17, 15) is 18.3 Å². The van der Waals surface area contributed by atoms with Gasteiger partial charge in [-0.1, -0.05) is 12.1 Å². The van der Waals surface area contributed by atoms with E-state index in [1.165, 1.54) is 31.3 Å². The summed E-state index contributed by atoms with van der Waals surface area (Å²) in [5, 5.41) is 18.0. The third-order valence-corrected chi connectivity index (χ3v) is 3.49. The second-order valence-corrected chi connectivity index (χ2v) is 5.58. The summed E-state index contributed by atoms with van der Waals surface area (Å²) in [5.41, 5.74) is 0.427. The predicted octanol–water partition coefficient (Wildman–Crippen LogP) is 0.200. The van der Waals surface area contributed by atoms with E-state index >= 15 is 0 Å². The summed E-state index contributed by atoms with van der Waals surface area (Å²) < 4.78 is 23.6. The van der Waals surface area contributed by atoms with Gasteiger partial charge in [-0.05, 0) is 17.7 Å². The van der Waals surface area contributed by atoms with Crippen LogP contribution in [0.3, 0.4) is 0 Å². The highest BCUT2D eigenvalue weighted by molar-refractivity contribution is 7.92. The Hall–Kier alpha value is -1.60. The van der Waals surface area contributed by atoms with E-state index in [-0.39, 0.29) is 5.56 Å². The molecule has 0 saturated carbocycles. The van der Waals surface area contributed by atoms with Gasteiger partial charge in [-0.2, -0.15) is 0 Å². The van der Waals surface area contributed by atoms with E-state index in [0.29, 0.717) is 5.69 Å². The highest BCUT2D eigenvalue weighted by atomic mass is 32.2. The summed E-state index contributed by atoms with van der Waals surface area (Å²) in [4.78, 5) is 10.6. The monoisotopic (exact) mass is 259 g/mol. The Morgan fingerprint density at radius 2 is 2.00 bits per heavy atom. The zero-order valence-corrected chi connectivity index (χ0v) is 10.2. The summed E-state index contributed by atoms with van der Waals surface area (Å²) in [5.74, 6) is -1.39. The first-order chi connectivity index (χ1) is 7.73. The van der Waals surface area contributed by atoms with Gasteiger partial charge in [0.1, 0.15) is 0 Å². The van der Waals surface area contributed by atoms with Crippen LogP contribution in [0, 0.1) is 0 Å². The average Bonchev–Trinajstić information content (AvgIpc) is 2.25. The minimum absolute atomic E-state index is 0.130. The Balaban J connectivity index is 3.14. The molecule has 0 aliphatic carbocycles. The van der Waals surface area contributed by atoms with Crippen molar-refractivity contribution >= 4 is 21.7 Å². The zero-order chi connectivity index (χ0) is 13.2. The Kier molecular flexibility index (Phi) is 3.74. The number of carbonyl (C=O) groups is 1. The smallest absolute Gasteiger partial charge is 0.337 e.